The molecule has 0 aliphatic heterocycles. The van der Waals surface area contributed by atoms with Crippen LogP contribution >= 0.6 is 11.6 Å². The fourth-order valence-corrected chi connectivity index (χ4v) is 3.51. The first-order chi connectivity index (χ1) is 16.9. The average molecular weight is 497 g/mol. The zero-order chi connectivity index (χ0) is 25.2. The number of hydrogen-bond acceptors (Lipinski definition) is 5. The van der Waals surface area contributed by atoms with Crippen molar-refractivity contribution in [1.29, 1.82) is 0 Å². The van der Waals surface area contributed by atoms with Crippen LogP contribution in [0.3, 0.4) is 0 Å². The summed E-state index contributed by atoms with van der Waals surface area (Å²) in [4.78, 5) is 27.7. The highest BCUT2D eigenvalue weighted by Crippen LogP contribution is 2.22. The third-order valence-electron chi connectivity index (χ3n) is 5.18. The monoisotopic (exact) mass is 496 g/mol. The molecule has 35 heavy (non-hydrogen) atoms. The molecule has 0 aromatic heterocycles. The minimum absolute atomic E-state index is 0.0589. The fraction of sp³-hybridized carbons (Fsp3) is 0.192. The van der Waals surface area contributed by atoms with Gasteiger partial charge in [-0.3, -0.25) is 14.5 Å². The van der Waals surface area contributed by atoms with Gasteiger partial charge in [-0.1, -0.05) is 42.8 Å². The minimum Gasteiger partial charge on any atom is -0.395 e. The summed E-state index contributed by atoms with van der Waals surface area (Å²) in [6.45, 7) is 3.97. The largest absolute Gasteiger partial charge is 0.395 e. The normalized spacial score (nSPS) is 11.1. The third-order valence-corrected chi connectivity index (χ3v) is 5.42. The van der Waals surface area contributed by atoms with Gasteiger partial charge in [-0.2, -0.15) is 5.10 Å². The van der Waals surface area contributed by atoms with Crippen molar-refractivity contribution in [3.63, 3.8) is 0 Å². The summed E-state index contributed by atoms with van der Waals surface area (Å²) in [5.41, 5.74) is 4.76. The van der Waals surface area contributed by atoms with Gasteiger partial charge in [0.15, 0.2) is 0 Å². The van der Waals surface area contributed by atoms with Crippen molar-refractivity contribution in [3.05, 3.63) is 99.8 Å². The maximum atomic E-state index is 13.0. The molecule has 3 aromatic rings. The Hall–Kier alpha value is -3.59. The lowest BCUT2D eigenvalue weighted by Gasteiger charge is -2.19. The van der Waals surface area contributed by atoms with E-state index >= 15 is 0 Å². The Morgan fingerprint density at radius 3 is 2.57 bits per heavy atom. The van der Waals surface area contributed by atoms with Crippen LogP contribution in [0.5, 0.6) is 0 Å². The van der Waals surface area contributed by atoms with Crippen molar-refractivity contribution in [3.8, 4) is 0 Å². The zero-order valence-corrected chi connectivity index (χ0v) is 19.9. The molecule has 0 spiro atoms. The van der Waals surface area contributed by atoms with Gasteiger partial charge in [-0.25, -0.2) is 9.82 Å². The van der Waals surface area contributed by atoms with Crippen molar-refractivity contribution in [2.45, 2.75) is 13.5 Å². The van der Waals surface area contributed by atoms with Gasteiger partial charge < -0.3 is 10.4 Å². The quantitative estimate of drug-likeness (QED) is 0.288. The molecular weight excluding hydrogens is 471 g/mol. The lowest BCUT2D eigenvalue weighted by atomic mass is 10.1. The number of carbonyl (C=O) groups excluding carboxylic acids is 2. The first-order valence-electron chi connectivity index (χ1n) is 11.0. The third kappa shape index (κ3) is 7.71. The van der Waals surface area contributed by atoms with E-state index in [1.165, 1.54) is 36.5 Å². The molecule has 0 saturated heterocycles. The molecule has 9 heteroatoms. The van der Waals surface area contributed by atoms with Crippen LogP contribution in [-0.2, 0) is 6.54 Å². The van der Waals surface area contributed by atoms with Crippen LogP contribution < -0.4 is 10.7 Å². The Balaban J connectivity index is 1.72. The molecular formula is C26H26ClFN4O3. The molecule has 3 N–H and O–H groups in total. The Morgan fingerprint density at radius 2 is 1.86 bits per heavy atom. The number of anilines is 1. The second kappa shape index (κ2) is 12.8. The number of benzene rings is 3. The summed E-state index contributed by atoms with van der Waals surface area (Å²) < 4.78 is 13.0. The van der Waals surface area contributed by atoms with Crippen LogP contribution in [0.2, 0.25) is 5.02 Å². The molecule has 182 valence electrons. The molecule has 0 fully saturated rings. The molecule has 0 bridgehead atoms. The van der Waals surface area contributed by atoms with E-state index in [-0.39, 0.29) is 29.6 Å². The molecule has 0 atom stereocenters. The van der Waals surface area contributed by atoms with E-state index < -0.39 is 5.91 Å². The molecule has 0 unspecified atom stereocenters. The van der Waals surface area contributed by atoms with Gasteiger partial charge in [0, 0.05) is 23.7 Å². The summed E-state index contributed by atoms with van der Waals surface area (Å²) in [5, 5.41) is 16.2. The topological polar surface area (TPSA) is 94.0 Å². The van der Waals surface area contributed by atoms with Crippen molar-refractivity contribution in [1.82, 2.24) is 10.3 Å². The van der Waals surface area contributed by atoms with E-state index in [0.717, 1.165) is 12.1 Å². The first-order valence-corrected chi connectivity index (χ1v) is 11.4. The summed E-state index contributed by atoms with van der Waals surface area (Å²) in [6, 6.07) is 17.3. The van der Waals surface area contributed by atoms with Crippen LogP contribution in [0.1, 0.15) is 38.8 Å². The fourth-order valence-electron chi connectivity index (χ4n) is 3.34. The van der Waals surface area contributed by atoms with E-state index in [9.17, 15) is 19.1 Å². The maximum absolute atomic E-state index is 13.0. The highest BCUT2D eigenvalue weighted by molar-refractivity contribution is 6.31. The van der Waals surface area contributed by atoms with Crippen molar-refractivity contribution in [2.24, 2.45) is 5.10 Å². The molecule has 0 heterocycles. The zero-order valence-electron chi connectivity index (χ0n) is 19.2. The highest BCUT2D eigenvalue weighted by Gasteiger charge is 2.16. The van der Waals surface area contributed by atoms with Crippen molar-refractivity contribution >= 4 is 35.3 Å². The van der Waals surface area contributed by atoms with Crippen LogP contribution in [0, 0.1) is 5.82 Å². The number of nitrogens with one attached hydrogen (secondary N) is 2. The predicted molar refractivity (Wildman–Crippen MR) is 135 cm³/mol. The number of aliphatic hydroxyl groups excluding tert-OH is 1. The number of likely N-dealkylation sites (N-methyl/N-ethyl adjacent to an activating group) is 1. The number of halogens is 2. The molecule has 0 radical (unpaired) electrons. The summed E-state index contributed by atoms with van der Waals surface area (Å²) >= 11 is 6.08. The van der Waals surface area contributed by atoms with E-state index in [1.54, 1.807) is 30.3 Å². The number of hydrogen-bond donors (Lipinski definition) is 3. The number of aliphatic hydroxyl groups is 1. The molecule has 2 amide bonds. The molecule has 3 rings (SSSR count). The van der Waals surface area contributed by atoms with Gasteiger partial charge in [-0.05, 0) is 60.1 Å². The van der Waals surface area contributed by atoms with Crippen molar-refractivity contribution < 1.29 is 19.1 Å². The van der Waals surface area contributed by atoms with Crippen LogP contribution in [0.4, 0.5) is 10.1 Å². The number of hydrazone groups is 1. The summed E-state index contributed by atoms with van der Waals surface area (Å²) in [7, 11) is 0. The first kappa shape index (κ1) is 26.0. The number of nitrogens with zero attached hydrogens (tertiary/aromatic N) is 2. The molecule has 0 aliphatic carbocycles. The highest BCUT2D eigenvalue weighted by atomic mass is 35.5. The number of amides is 2. The Labute approximate surface area is 208 Å². The minimum atomic E-state index is -0.572. The SMILES string of the molecule is CCN(CCO)Cc1cccc(C(=O)Nc2ccc(Cl)cc2C(=O)NN=Cc2ccc(F)cc2)c1. The maximum Gasteiger partial charge on any atom is 0.273 e. The van der Waals surface area contributed by atoms with E-state index in [1.807, 2.05) is 13.0 Å². The van der Waals surface area contributed by atoms with Gasteiger partial charge in [-0.15, -0.1) is 0 Å². The number of rotatable bonds is 10. The van der Waals surface area contributed by atoms with Gasteiger partial charge in [0.05, 0.1) is 24.1 Å². The molecule has 3 aromatic carbocycles. The number of carbonyl (C=O) groups is 2. The lowest BCUT2D eigenvalue weighted by Crippen LogP contribution is -2.26. The van der Waals surface area contributed by atoms with Gasteiger partial charge in [0.25, 0.3) is 11.8 Å². The van der Waals surface area contributed by atoms with E-state index in [4.69, 9.17) is 11.6 Å². The lowest BCUT2D eigenvalue weighted by molar-refractivity contribution is 0.0956. The second-order valence-corrected chi connectivity index (χ2v) is 8.12. The predicted octanol–water partition coefficient (Wildman–Crippen LogP) is 4.31. The van der Waals surface area contributed by atoms with Crippen molar-refractivity contribution in [2.75, 3.05) is 25.0 Å². The van der Waals surface area contributed by atoms with Gasteiger partial charge in [0.2, 0.25) is 0 Å². The van der Waals surface area contributed by atoms with Crippen LogP contribution in [0.15, 0.2) is 71.8 Å². The average Bonchev–Trinajstić information content (AvgIpc) is 2.86. The Kier molecular flexibility index (Phi) is 9.48. The summed E-state index contributed by atoms with van der Waals surface area (Å²) in [5.74, 6) is -1.33. The molecule has 0 aliphatic rings. The van der Waals surface area contributed by atoms with E-state index in [2.05, 4.69) is 20.7 Å². The van der Waals surface area contributed by atoms with E-state index in [0.29, 0.717) is 29.2 Å². The molecule has 0 saturated carbocycles. The van der Waals surface area contributed by atoms with Gasteiger partial charge >= 0.3 is 0 Å². The smallest absolute Gasteiger partial charge is 0.273 e. The summed E-state index contributed by atoms with van der Waals surface area (Å²) in [6.07, 6.45) is 1.38. The standard InChI is InChI=1S/C26H26ClFN4O3/c1-2-32(12-13-33)17-19-4-3-5-20(14-19)25(34)30-24-11-8-21(27)15-23(24)26(35)31-29-16-18-6-9-22(28)10-7-18/h3-11,14-16,33H,2,12-13,17H2,1H3,(H,30,34)(H,31,35). The van der Waals surface area contributed by atoms with Gasteiger partial charge in [0.1, 0.15) is 5.82 Å². The Morgan fingerprint density at radius 1 is 1.09 bits per heavy atom. The molecule has 7 nitrogen and oxygen atoms in total. The van der Waals surface area contributed by atoms with Crippen LogP contribution in [-0.4, -0.2) is 47.7 Å². The second-order valence-electron chi connectivity index (χ2n) is 7.69. The Bertz CT molecular complexity index is 1200. The van der Waals surface area contributed by atoms with Crippen LogP contribution in [0.25, 0.3) is 0 Å².